The lowest BCUT2D eigenvalue weighted by atomic mass is 10.1. The molecule has 1 aromatic carbocycles. The van der Waals surface area contributed by atoms with E-state index in [0.29, 0.717) is 23.7 Å². The Labute approximate surface area is 136 Å². The van der Waals surface area contributed by atoms with E-state index in [1.165, 1.54) is 12.1 Å². The molecule has 0 fully saturated rings. The van der Waals surface area contributed by atoms with Gasteiger partial charge in [0.05, 0.1) is 23.8 Å². The number of amides is 2. The molecule has 2 amide bonds. The number of urea groups is 1. The largest absolute Gasteiger partial charge is 0.336 e. The fraction of sp³-hybridized carbons (Fsp3) is 0.308. The molecule has 0 aliphatic rings. The number of hydrogen-bond donors (Lipinski definition) is 2. The zero-order valence-corrected chi connectivity index (χ0v) is 13.2. The zero-order chi connectivity index (χ0) is 16.1. The number of rotatable bonds is 5. The maximum Gasteiger partial charge on any atom is 0.315 e. The second-order valence-corrected chi connectivity index (χ2v) is 5.33. The average Bonchev–Trinajstić information content (AvgIpc) is 2.96. The van der Waals surface area contributed by atoms with E-state index in [2.05, 4.69) is 20.9 Å². The maximum atomic E-state index is 13.5. The Morgan fingerprint density at radius 3 is 2.91 bits per heavy atom. The molecule has 0 aliphatic carbocycles. The van der Waals surface area contributed by atoms with Gasteiger partial charge in [-0.15, -0.1) is 5.10 Å². The summed E-state index contributed by atoms with van der Waals surface area (Å²) in [7, 11) is 0. The van der Waals surface area contributed by atoms with Crippen molar-refractivity contribution in [3.8, 4) is 0 Å². The van der Waals surface area contributed by atoms with Gasteiger partial charge in [-0.1, -0.05) is 28.4 Å². The number of nitrogens with one attached hydrogen (secondary N) is 2. The second kappa shape index (κ2) is 7.42. The highest BCUT2D eigenvalue weighted by molar-refractivity contribution is 6.36. The van der Waals surface area contributed by atoms with E-state index in [1.807, 2.05) is 0 Å². The molecule has 1 heterocycles. The zero-order valence-electron chi connectivity index (χ0n) is 11.7. The molecule has 0 saturated carbocycles. The van der Waals surface area contributed by atoms with Gasteiger partial charge in [-0.05, 0) is 19.1 Å². The van der Waals surface area contributed by atoms with Crippen LogP contribution in [0.5, 0.6) is 0 Å². The minimum Gasteiger partial charge on any atom is -0.336 e. The summed E-state index contributed by atoms with van der Waals surface area (Å²) in [5.41, 5.74) is 0.342. The van der Waals surface area contributed by atoms with Crippen LogP contribution in [-0.4, -0.2) is 27.6 Å². The molecular formula is C13H14Cl2FN5O. The van der Waals surface area contributed by atoms with Gasteiger partial charge in [-0.25, -0.2) is 9.18 Å². The Hall–Kier alpha value is -1.86. The molecular weight excluding hydrogens is 332 g/mol. The van der Waals surface area contributed by atoms with Gasteiger partial charge in [0, 0.05) is 23.3 Å². The first-order valence-electron chi connectivity index (χ1n) is 6.51. The molecule has 0 radical (unpaired) electrons. The van der Waals surface area contributed by atoms with E-state index in [4.69, 9.17) is 23.2 Å². The third-order valence-corrected chi connectivity index (χ3v) is 3.67. The number of hydrogen-bond acceptors (Lipinski definition) is 3. The predicted molar refractivity (Wildman–Crippen MR) is 81.4 cm³/mol. The molecule has 1 aromatic heterocycles. The van der Waals surface area contributed by atoms with E-state index < -0.39 is 17.9 Å². The molecule has 0 saturated heterocycles. The Kier molecular flexibility index (Phi) is 5.57. The van der Waals surface area contributed by atoms with E-state index >= 15 is 0 Å². The van der Waals surface area contributed by atoms with Crippen molar-refractivity contribution < 1.29 is 9.18 Å². The van der Waals surface area contributed by atoms with E-state index in [1.54, 1.807) is 24.0 Å². The molecule has 118 valence electrons. The van der Waals surface area contributed by atoms with Crippen molar-refractivity contribution >= 4 is 29.2 Å². The van der Waals surface area contributed by atoms with Gasteiger partial charge in [0.1, 0.15) is 5.82 Å². The highest BCUT2D eigenvalue weighted by Crippen LogP contribution is 2.32. The fourth-order valence-electron chi connectivity index (χ4n) is 1.90. The number of aromatic nitrogens is 3. The van der Waals surface area contributed by atoms with E-state index in [0.717, 1.165) is 0 Å². The van der Waals surface area contributed by atoms with Crippen molar-refractivity contribution in [1.29, 1.82) is 0 Å². The molecule has 1 unspecified atom stereocenters. The monoisotopic (exact) mass is 345 g/mol. The van der Waals surface area contributed by atoms with Gasteiger partial charge in [0.2, 0.25) is 0 Å². The molecule has 2 N–H and O–H groups in total. The SMILES string of the molecule is CC(NC(=O)NCCn1ccnn1)c1c(Cl)ccc(F)c1Cl. The standard InChI is InChI=1S/C13H14Cl2FN5O/c1-8(11-9(14)2-3-10(16)12(11)15)19-13(22)17-4-6-21-7-5-18-20-21/h2-3,5,7-8H,4,6H2,1H3,(H2,17,19,22). The Bertz CT molecular complexity index is 650. The molecule has 6 nitrogen and oxygen atoms in total. The summed E-state index contributed by atoms with van der Waals surface area (Å²) in [5.74, 6) is -0.582. The summed E-state index contributed by atoms with van der Waals surface area (Å²) in [6.07, 6.45) is 3.24. The van der Waals surface area contributed by atoms with Crippen LogP contribution in [0.25, 0.3) is 0 Å². The van der Waals surface area contributed by atoms with E-state index in [9.17, 15) is 9.18 Å². The molecule has 1 atom stereocenters. The molecule has 2 aromatic rings. The first-order chi connectivity index (χ1) is 10.5. The van der Waals surface area contributed by atoms with Crippen LogP contribution in [-0.2, 0) is 6.54 Å². The number of carbonyl (C=O) groups is 1. The topological polar surface area (TPSA) is 71.8 Å². The highest BCUT2D eigenvalue weighted by Gasteiger charge is 2.18. The summed E-state index contributed by atoms with van der Waals surface area (Å²) in [6, 6.07) is 1.63. The fourth-order valence-corrected chi connectivity index (χ4v) is 2.59. The maximum absolute atomic E-state index is 13.5. The summed E-state index contributed by atoms with van der Waals surface area (Å²) in [6.45, 7) is 2.53. The van der Waals surface area contributed by atoms with Crippen molar-refractivity contribution in [2.45, 2.75) is 19.5 Å². The van der Waals surface area contributed by atoms with E-state index in [-0.39, 0.29) is 5.02 Å². The van der Waals surface area contributed by atoms with Crippen molar-refractivity contribution in [3.05, 3.63) is 46.0 Å². The minimum absolute atomic E-state index is 0.0945. The van der Waals surface area contributed by atoms with Crippen LogP contribution >= 0.6 is 23.2 Å². The molecule has 9 heteroatoms. The third-order valence-electron chi connectivity index (χ3n) is 2.96. The van der Waals surface area contributed by atoms with Crippen LogP contribution in [0.2, 0.25) is 10.0 Å². The van der Waals surface area contributed by atoms with Crippen LogP contribution in [0.15, 0.2) is 24.5 Å². The van der Waals surface area contributed by atoms with Crippen molar-refractivity contribution in [2.24, 2.45) is 0 Å². The van der Waals surface area contributed by atoms with Gasteiger partial charge in [-0.2, -0.15) is 0 Å². The van der Waals surface area contributed by atoms with Crippen LogP contribution in [0.1, 0.15) is 18.5 Å². The van der Waals surface area contributed by atoms with Crippen LogP contribution < -0.4 is 10.6 Å². The number of nitrogens with zero attached hydrogens (tertiary/aromatic N) is 3. The summed E-state index contributed by atoms with van der Waals surface area (Å²) < 4.78 is 15.1. The summed E-state index contributed by atoms with van der Waals surface area (Å²) >= 11 is 11.9. The lowest BCUT2D eigenvalue weighted by molar-refractivity contribution is 0.237. The lowest BCUT2D eigenvalue weighted by Gasteiger charge is -2.18. The molecule has 0 aliphatic heterocycles. The Morgan fingerprint density at radius 1 is 1.45 bits per heavy atom. The van der Waals surface area contributed by atoms with Crippen LogP contribution in [0, 0.1) is 5.82 Å². The smallest absolute Gasteiger partial charge is 0.315 e. The van der Waals surface area contributed by atoms with Crippen molar-refractivity contribution in [3.63, 3.8) is 0 Å². The van der Waals surface area contributed by atoms with Gasteiger partial charge in [0.15, 0.2) is 0 Å². The molecule has 0 spiro atoms. The predicted octanol–water partition coefficient (Wildman–Crippen LogP) is 2.78. The number of benzene rings is 1. The highest BCUT2D eigenvalue weighted by atomic mass is 35.5. The average molecular weight is 346 g/mol. The first-order valence-corrected chi connectivity index (χ1v) is 7.26. The van der Waals surface area contributed by atoms with Gasteiger partial charge < -0.3 is 10.6 Å². The van der Waals surface area contributed by atoms with Crippen molar-refractivity contribution in [1.82, 2.24) is 25.6 Å². The van der Waals surface area contributed by atoms with Gasteiger partial charge in [-0.3, -0.25) is 4.68 Å². The Morgan fingerprint density at radius 2 is 2.23 bits per heavy atom. The normalized spacial score (nSPS) is 12.0. The molecule has 22 heavy (non-hydrogen) atoms. The van der Waals surface area contributed by atoms with Crippen LogP contribution in [0.4, 0.5) is 9.18 Å². The lowest BCUT2D eigenvalue weighted by Crippen LogP contribution is -2.38. The van der Waals surface area contributed by atoms with Crippen LogP contribution in [0.3, 0.4) is 0 Å². The number of carbonyl (C=O) groups excluding carboxylic acids is 1. The van der Waals surface area contributed by atoms with Crippen molar-refractivity contribution in [2.75, 3.05) is 6.54 Å². The first kappa shape index (κ1) is 16.5. The Balaban J connectivity index is 1.90. The number of halogens is 3. The van der Waals surface area contributed by atoms with Gasteiger partial charge >= 0.3 is 6.03 Å². The third kappa shape index (κ3) is 4.08. The molecule has 0 bridgehead atoms. The quantitative estimate of drug-likeness (QED) is 0.818. The summed E-state index contributed by atoms with van der Waals surface area (Å²) in [5, 5.41) is 12.9. The second-order valence-electron chi connectivity index (χ2n) is 4.54. The molecule has 2 rings (SSSR count). The van der Waals surface area contributed by atoms with Gasteiger partial charge in [0.25, 0.3) is 0 Å². The minimum atomic E-state index is -0.582. The summed E-state index contributed by atoms with van der Waals surface area (Å²) in [4.78, 5) is 11.8.